The number of halogens is 1. The Bertz CT molecular complexity index is 1200. The highest BCUT2D eigenvalue weighted by Gasteiger charge is 2.24. The van der Waals surface area contributed by atoms with E-state index in [1.165, 1.54) is 12.4 Å². The van der Waals surface area contributed by atoms with Crippen molar-refractivity contribution in [3.63, 3.8) is 0 Å². The molecule has 1 N–H and O–H groups in total. The van der Waals surface area contributed by atoms with Crippen molar-refractivity contribution < 1.29 is 17.6 Å². The maximum Gasteiger partial charge on any atom is 0.243 e. The van der Waals surface area contributed by atoms with Gasteiger partial charge in [-0.2, -0.15) is 4.31 Å². The molecule has 2 aromatic carbocycles. The summed E-state index contributed by atoms with van der Waals surface area (Å²) in [6.07, 6.45) is 9.44. The van der Waals surface area contributed by atoms with E-state index in [0.717, 1.165) is 31.2 Å². The largest absolute Gasteiger partial charge is 0.352 e. The molecule has 2 heterocycles. The number of benzene rings is 2. The Labute approximate surface area is 199 Å². The topological polar surface area (TPSA) is 84.3 Å². The number of imidazole rings is 1. The number of nitrogens with zero attached hydrogens (tertiary/aromatic N) is 3. The van der Waals surface area contributed by atoms with Gasteiger partial charge in [0.1, 0.15) is 5.82 Å². The van der Waals surface area contributed by atoms with E-state index in [1.807, 2.05) is 0 Å². The third-order valence-electron chi connectivity index (χ3n) is 6.05. The van der Waals surface area contributed by atoms with Crippen LogP contribution < -0.4 is 5.32 Å². The summed E-state index contributed by atoms with van der Waals surface area (Å²) < 4.78 is 43.3. The molecule has 1 aromatic heterocycles. The minimum Gasteiger partial charge on any atom is -0.352 e. The molecule has 0 spiro atoms. The van der Waals surface area contributed by atoms with Gasteiger partial charge in [0.15, 0.2) is 0 Å². The average Bonchev–Trinajstić information content (AvgIpc) is 3.22. The van der Waals surface area contributed by atoms with Gasteiger partial charge in [0.05, 0.1) is 16.9 Å². The molecule has 1 saturated heterocycles. The van der Waals surface area contributed by atoms with Gasteiger partial charge in [0.25, 0.3) is 0 Å². The third-order valence-corrected chi connectivity index (χ3v) is 7.96. The molecule has 4 rings (SSSR count). The van der Waals surface area contributed by atoms with Gasteiger partial charge in [0, 0.05) is 38.4 Å². The van der Waals surface area contributed by atoms with E-state index in [1.54, 1.807) is 57.7 Å². The molecule has 9 heteroatoms. The van der Waals surface area contributed by atoms with Crippen LogP contribution in [0.2, 0.25) is 0 Å². The fourth-order valence-corrected chi connectivity index (χ4v) is 5.59. The maximum absolute atomic E-state index is 14.4. The van der Waals surface area contributed by atoms with Crippen LogP contribution in [0.1, 0.15) is 43.2 Å². The lowest BCUT2D eigenvalue weighted by Gasteiger charge is -2.20. The molecule has 0 saturated carbocycles. The van der Waals surface area contributed by atoms with Gasteiger partial charge in [-0.1, -0.05) is 31.0 Å². The Balaban J connectivity index is 1.27. The molecule has 0 atom stereocenters. The van der Waals surface area contributed by atoms with Crippen LogP contribution >= 0.6 is 0 Å². The van der Waals surface area contributed by atoms with Gasteiger partial charge in [-0.15, -0.1) is 0 Å². The summed E-state index contributed by atoms with van der Waals surface area (Å²) >= 11 is 0. The van der Waals surface area contributed by atoms with E-state index >= 15 is 0 Å². The summed E-state index contributed by atoms with van der Waals surface area (Å²) in [5.74, 6) is -0.541. The van der Waals surface area contributed by atoms with Crippen molar-refractivity contribution in [3.8, 4) is 5.69 Å². The second-order valence-corrected chi connectivity index (χ2v) is 10.4. The summed E-state index contributed by atoms with van der Waals surface area (Å²) in [7, 11) is -3.48. The van der Waals surface area contributed by atoms with Gasteiger partial charge in [0.2, 0.25) is 15.9 Å². The number of nitrogens with one attached hydrogen (secondary N) is 1. The normalized spacial score (nSPS) is 15.1. The third kappa shape index (κ3) is 5.90. The van der Waals surface area contributed by atoms with Crippen LogP contribution in [0, 0.1) is 5.82 Å². The number of sulfonamides is 1. The van der Waals surface area contributed by atoms with E-state index < -0.39 is 10.0 Å². The Kier molecular flexibility index (Phi) is 7.74. The first-order valence-corrected chi connectivity index (χ1v) is 13.0. The van der Waals surface area contributed by atoms with Crippen LogP contribution in [-0.2, 0) is 27.8 Å². The minimum atomic E-state index is -3.48. The quantitative estimate of drug-likeness (QED) is 0.527. The number of hydrogen-bond donors (Lipinski definition) is 1. The summed E-state index contributed by atoms with van der Waals surface area (Å²) in [4.78, 5) is 16.5. The van der Waals surface area contributed by atoms with Crippen molar-refractivity contribution in [1.29, 1.82) is 0 Å². The van der Waals surface area contributed by atoms with Crippen LogP contribution in [0.25, 0.3) is 5.69 Å². The van der Waals surface area contributed by atoms with Crippen molar-refractivity contribution in [2.24, 2.45) is 0 Å². The van der Waals surface area contributed by atoms with E-state index in [0.29, 0.717) is 35.7 Å². The van der Waals surface area contributed by atoms with Crippen LogP contribution in [0.4, 0.5) is 4.39 Å². The first kappa shape index (κ1) is 24.1. The molecule has 1 aliphatic heterocycles. The zero-order chi connectivity index (χ0) is 24.0. The smallest absolute Gasteiger partial charge is 0.243 e. The summed E-state index contributed by atoms with van der Waals surface area (Å²) in [6, 6.07) is 11.6. The summed E-state index contributed by atoms with van der Waals surface area (Å²) in [5.41, 5.74) is 1.95. The molecule has 1 amide bonds. The number of aromatic nitrogens is 2. The van der Waals surface area contributed by atoms with E-state index in [2.05, 4.69) is 10.3 Å². The molecule has 0 radical (unpaired) electrons. The SMILES string of the molecule is O=C(CCc1ccc(S(=O)(=O)N2CCCCCC2)cc1)NCc1ccc(-n2ccnc2)c(F)c1. The van der Waals surface area contributed by atoms with Crippen LogP contribution in [0.5, 0.6) is 0 Å². The monoisotopic (exact) mass is 484 g/mol. The molecule has 0 bridgehead atoms. The second kappa shape index (κ2) is 10.9. The van der Waals surface area contributed by atoms with Gasteiger partial charge in [-0.3, -0.25) is 4.79 Å². The molecule has 1 fully saturated rings. The maximum atomic E-state index is 14.4. The Morgan fingerprint density at radius 2 is 1.71 bits per heavy atom. The zero-order valence-electron chi connectivity index (χ0n) is 19.0. The molecule has 34 heavy (non-hydrogen) atoms. The molecular formula is C25H29FN4O3S. The Hall–Kier alpha value is -3.04. The summed E-state index contributed by atoms with van der Waals surface area (Å²) in [6.45, 7) is 1.37. The van der Waals surface area contributed by atoms with Crippen molar-refractivity contribution in [2.45, 2.75) is 50.0 Å². The lowest BCUT2D eigenvalue weighted by Crippen LogP contribution is -2.31. The van der Waals surface area contributed by atoms with Crippen molar-refractivity contribution in [3.05, 3.63) is 78.1 Å². The highest BCUT2D eigenvalue weighted by Crippen LogP contribution is 2.21. The van der Waals surface area contributed by atoms with E-state index in [-0.39, 0.29) is 24.7 Å². The van der Waals surface area contributed by atoms with Gasteiger partial charge < -0.3 is 9.88 Å². The predicted octanol–water partition coefficient (Wildman–Crippen LogP) is 3.83. The zero-order valence-corrected chi connectivity index (χ0v) is 19.8. The van der Waals surface area contributed by atoms with Gasteiger partial charge >= 0.3 is 0 Å². The molecule has 0 aliphatic carbocycles. The van der Waals surface area contributed by atoms with E-state index in [4.69, 9.17) is 0 Å². The summed E-state index contributed by atoms with van der Waals surface area (Å²) in [5, 5.41) is 2.81. The van der Waals surface area contributed by atoms with Crippen molar-refractivity contribution >= 4 is 15.9 Å². The fraction of sp³-hybridized carbons (Fsp3) is 0.360. The Morgan fingerprint density at radius 3 is 2.35 bits per heavy atom. The highest BCUT2D eigenvalue weighted by atomic mass is 32.2. The number of rotatable bonds is 8. The number of hydrogen-bond acceptors (Lipinski definition) is 4. The number of carbonyl (C=O) groups is 1. The predicted molar refractivity (Wildman–Crippen MR) is 127 cm³/mol. The van der Waals surface area contributed by atoms with Crippen LogP contribution in [0.3, 0.4) is 0 Å². The van der Waals surface area contributed by atoms with Gasteiger partial charge in [-0.05, 0) is 54.7 Å². The first-order valence-electron chi connectivity index (χ1n) is 11.6. The van der Waals surface area contributed by atoms with Crippen LogP contribution in [-0.4, -0.2) is 41.3 Å². The Morgan fingerprint density at radius 1 is 1.00 bits per heavy atom. The minimum absolute atomic E-state index is 0.152. The van der Waals surface area contributed by atoms with Crippen molar-refractivity contribution in [1.82, 2.24) is 19.2 Å². The van der Waals surface area contributed by atoms with Crippen molar-refractivity contribution in [2.75, 3.05) is 13.1 Å². The lowest BCUT2D eigenvalue weighted by molar-refractivity contribution is -0.121. The fourth-order valence-electron chi connectivity index (χ4n) is 4.08. The lowest BCUT2D eigenvalue weighted by atomic mass is 10.1. The molecule has 180 valence electrons. The standard InChI is InChI=1S/C25H29FN4O3S/c26-23-17-21(7-11-24(23)29-16-13-27-19-29)18-28-25(31)12-8-20-5-9-22(10-6-20)34(32,33)30-14-3-1-2-4-15-30/h5-7,9-11,13,16-17,19H,1-4,8,12,14-15,18H2,(H,28,31). The van der Waals surface area contributed by atoms with Gasteiger partial charge in [-0.25, -0.2) is 17.8 Å². The number of aryl methyl sites for hydroxylation is 1. The molecule has 7 nitrogen and oxygen atoms in total. The molecule has 1 aliphatic rings. The molecular weight excluding hydrogens is 455 g/mol. The van der Waals surface area contributed by atoms with Crippen LogP contribution in [0.15, 0.2) is 66.1 Å². The first-order chi connectivity index (χ1) is 16.4. The number of amides is 1. The average molecular weight is 485 g/mol. The van der Waals surface area contributed by atoms with E-state index in [9.17, 15) is 17.6 Å². The molecule has 0 unspecified atom stereocenters. The number of carbonyl (C=O) groups excluding carboxylic acids is 1. The highest BCUT2D eigenvalue weighted by molar-refractivity contribution is 7.89. The second-order valence-electron chi connectivity index (χ2n) is 8.49. The molecule has 3 aromatic rings.